The molecule has 1 fully saturated rings. The largest absolute Gasteiger partial charge is 0.511 e. The summed E-state index contributed by atoms with van der Waals surface area (Å²) in [7, 11) is -5.50. The predicted molar refractivity (Wildman–Crippen MR) is 55.3 cm³/mol. The molecule has 114 valence electrons. The van der Waals surface area contributed by atoms with E-state index in [1.807, 2.05) is 0 Å². The van der Waals surface area contributed by atoms with Gasteiger partial charge in [0, 0.05) is 12.5 Å². The van der Waals surface area contributed by atoms with E-state index in [0.29, 0.717) is 0 Å². The molecule has 1 saturated heterocycles. The molecule has 1 unspecified atom stereocenters. The van der Waals surface area contributed by atoms with Crippen LogP contribution in [0.25, 0.3) is 0 Å². The summed E-state index contributed by atoms with van der Waals surface area (Å²) in [6, 6.07) is 0. The Balaban J connectivity index is 2.61. The minimum atomic E-state index is -5.50. The second kappa shape index (κ2) is 5.89. The second-order valence-corrected chi connectivity index (χ2v) is 5.85. The van der Waals surface area contributed by atoms with Gasteiger partial charge in [0.05, 0.1) is 19.3 Å². The number of nitrogens with one attached hydrogen (secondary N) is 1. The van der Waals surface area contributed by atoms with Gasteiger partial charge in [0.1, 0.15) is 12.2 Å². The van der Waals surface area contributed by atoms with Crippen LogP contribution in [-0.4, -0.2) is 67.3 Å². The molecular weight excluding hydrogens is 295 g/mol. The van der Waals surface area contributed by atoms with Crippen LogP contribution in [0.5, 0.6) is 0 Å². The summed E-state index contributed by atoms with van der Waals surface area (Å²) in [4.78, 5) is 0. The third kappa shape index (κ3) is 3.77. The molecule has 1 rings (SSSR count). The Kier molecular flexibility index (Phi) is 5.15. The predicted octanol–water partition coefficient (Wildman–Crippen LogP) is -1.85. The Morgan fingerprint density at radius 2 is 1.84 bits per heavy atom. The number of hydrogen-bond donors (Lipinski definition) is 4. The van der Waals surface area contributed by atoms with Crippen LogP contribution in [-0.2, 0) is 14.8 Å². The van der Waals surface area contributed by atoms with Crippen LogP contribution >= 0.6 is 0 Å². The van der Waals surface area contributed by atoms with Crippen molar-refractivity contribution in [1.82, 2.24) is 4.72 Å². The molecule has 0 radical (unpaired) electrons. The molecule has 0 amide bonds. The maximum absolute atomic E-state index is 12.1. The van der Waals surface area contributed by atoms with Gasteiger partial charge in [-0.05, 0) is 0 Å². The van der Waals surface area contributed by atoms with Crippen LogP contribution < -0.4 is 4.72 Å². The van der Waals surface area contributed by atoms with Gasteiger partial charge in [-0.2, -0.15) is 13.2 Å². The minimum absolute atomic E-state index is 0.288. The maximum Gasteiger partial charge on any atom is 0.511 e. The molecule has 1 aliphatic rings. The zero-order valence-corrected chi connectivity index (χ0v) is 10.4. The fourth-order valence-corrected chi connectivity index (χ4v) is 2.18. The first-order valence-electron chi connectivity index (χ1n) is 5.24. The minimum Gasteiger partial charge on any atom is -0.394 e. The Hall–Kier alpha value is -0.460. The summed E-state index contributed by atoms with van der Waals surface area (Å²) >= 11 is 0. The summed E-state index contributed by atoms with van der Waals surface area (Å²) in [5.41, 5.74) is -5.44. The third-order valence-corrected chi connectivity index (χ3v) is 3.91. The van der Waals surface area contributed by atoms with E-state index in [4.69, 9.17) is 9.84 Å². The number of aliphatic hydroxyl groups is 3. The van der Waals surface area contributed by atoms with Gasteiger partial charge in [0.15, 0.2) is 0 Å². The van der Waals surface area contributed by atoms with Gasteiger partial charge in [0.2, 0.25) is 0 Å². The number of halogens is 3. The lowest BCUT2D eigenvalue weighted by Gasteiger charge is -2.36. The lowest BCUT2D eigenvalue weighted by Crippen LogP contribution is -2.54. The van der Waals surface area contributed by atoms with Gasteiger partial charge < -0.3 is 20.1 Å². The second-order valence-electron chi connectivity index (χ2n) is 4.09. The van der Waals surface area contributed by atoms with Crippen molar-refractivity contribution >= 4 is 10.0 Å². The highest BCUT2D eigenvalue weighted by Gasteiger charge is 2.47. The first-order chi connectivity index (χ1) is 8.60. The van der Waals surface area contributed by atoms with Gasteiger partial charge >= 0.3 is 15.5 Å². The first kappa shape index (κ1) is 16.6. The number of ether oxygens (including phenoxy) is 1. The van der Waals surface area contributed by atoms with Crippen molar-refractivity contribution in [3.05, 3.63) is 0 Å². The highest BCUT2D eigenvalue weighted by molar-refractivity contribution is 7.90. The van der Waals surface area contributed by atoms with Gasteiger partial charge in [-0.15, -0.1) is 0 Å². The Bertz CT molecular complexity index is 400. The zero-order valence-electron chi connectivity index (χ0n) is 9.54. The number of alkyl halides is 3. The topological polar surface area (TPSA) is 116 Å². The van der Waals surface area contributed by atoms with E-state index >= 15 is 0 Å². The van der Waals surface area contributed by atoms with Crippen LogP contribution in [0.4, 0.5) is 13.2 Å². The van der Waals surface area contributed by atoms with Crippen LogP contribution in [0.15, 0.2) is 0 Å². The summed E-state index contributed by atoms with van der Waals surface area (Å²) in [6.07, 6.45) is -4.05. The van der Waals surface area contributed by atoms with E-state index in [1.165, 1.54) is 4.72 Å². The fourth-order valence-electron chi connectivity index (χ4n) is 1.58. The van der Waals surface area contributed by atoms with Crippen molar-refractivity contribution < 1.29 is 41.6 Å². The normalized spacial score (nSPS) is 33.4. The molecule has 0 saturated carbocycles. The van der Waals surface area contributed by atoms with Crippen molar-refractivity contribution in [3.63, 3.8) is 0 Å². The molecule has 7 nitrogen and oxygen atoms in total. The highest BCUT2D eigenvalue weighted by Crippen LogP contribution is 2.24. The van der Waals surface area contributed by atoms with E-state index in [0.717, 1.165) is 0 Å². The SMILES string of the molecule is O=S(=O)(NCC1CO[C@H](CO)[C@H](O)[C@@H]1O)C(F)(F)F. The smallest absolute Gasteiger partial charge is 0.394 e. The van der Waals surface area contributed by atoms with Gasteiger partial charge in [-0.25, -0.2) is 13.1 Å². The number of hydrogen-bond acceptors (Lipinski definition) is 6. The van der Waals surface area contributed by atoms with Crippen LogP contribution in [0.3, 0.4) is 0 Å². The average molecular weight is 309 g/mol. The lowest BCUT2D eigenvalue weighted by molar-refractivity contribution is -0.173. The molecule has 19 heavy (non-hydrogen) atoms. The summed E-state index contributed by atoms with van der Waals surface area (Å²) in [6.45, 7) is -1.60. The zero-order chi connectivity index (χ0) is 14.8. The molecule has 1 heterocycles. The molecular formula is C8H14F3NO6S. The van der Waals surface area contributed by atoms with Gasteiger partial charge in [-0.3, -0.25) is 0 Å². The molecule has 0 aromatic carbocycles. The fraction of sp³-hybridized carbons (Fsp3) is 1.00. The van der Waals surface area contributed by atoms with E-state index < -0.39 is 52.9 Å². The molecule has 1 aliphatic heterocycles. The standard InChI is InChI=1S/C8H14F3NO6S/c9-8(10,11)19(16,17)12-1-4-3-18-5(2-13)7(15)6(4)14/h4-7,12-15H,1-3H2/t4?,5-,6-,7+/m1/s1. The number of sulfonamides is 1. The Morgan fingerprint density at radius 3 is 2.32 bits per heavy atom. The summed E-state index contributed by atoms with van der Waals surface area (Å²) in [5.74, 6) is -1.05. The number of aliphatic hydroxyl groups excluding tert-OH is 3. The van der Waals surface area contributed by atoms with Crippen molar-refractivity contribution in [1.29, 1.82) is 0 Å². The first-order valence-corrected chi connectivity index (χ1v) is 6.73. The Labute approximate surface area is 107 Å². The van der Waals surface area contributed by atoms with Crippen LogP contribution in [0.2, 0.25) is 0 Å². The maximum atomic E-state index is 12.1. The molecule has 0 spiro atoms. The van der Waals surface area contributed by atoms with E-state index in [1.54, 1.807) is 0 Å². The van der Waals surface area contributed by atoms with Crippen molar-refractivity contribution in [2.75, 3.05) is 19.8 Å². The van der Waals surface area contributed by atoms with Crippen molar-refractivity contribution in [2.24, 2.45) is 5.92 Å². The Morgan fingerprint density at radius 1 is 1.26 bits per heavy atom. The van der Waals surface area contributed by atoms with Crippen LogP contribution in [0.1, 0.15) is 0 Å². The van der Waals surface area contributed by atoms with Gasteiger partial charge in [-0.1, -0.05) is 0 Å². The highest BCUT2D eigenvalue weighted by atomic mass is 32.2. The monoisotopic (exact) mass is 309 g/mol. The molecule has 0 aromatic heterocycles. The van der Waals surface area contributed by atoms with Crippen molar-refractivity contribution in [2.45, 2.75) is 23.8 Å². The van der Waals surface area contributed by atoms with E-state index in [2.05, 4.69) is 0 Å². The molecule has 0 aliphatic carbocycles. The quantitative estimate of drug-likeness (QED) is 0.485. The summed E-state index contributed by atoms with van der Waals surface area (Å²) in [5, 5.41) is 27.8. The van der Waals surface area contributed by atoms with Crippen molar-refractivity contribution in [3.8, 4) is 0 Å². The van der Waals surface area contributed by atoms with Gasteiger partial charge in [0.25, 0.3) is 0 Å². The molecule has 0 bridgehead atoms. The van der Waals surface area contributed by atoms with E-state index in [9.17, 15) is 31.8 Å². The lowest BCUT2D eigenvalue weighted by atomic mass is 9.93. The average Bonchev–Trinajstić information content (AvgIpc) is 2.29. The van der Waals surface area contributed by atoms with E-state index in [-0.39, 0.29) is 6.61 Å². The third-order valence-electron chi connectivity index (χ3n) is 2.76. The summed E-state index contributed by atoms with van der Waals surface area (Å²) < 4.78 is 63.8. The molecule has 11 heteroatoms. The number of rotatable bonds is 4. The molecule has 4 atom stereocenters. The molecule has 0 aromatic rings. The van der Waals surface area contributed by atoms with Crippen LogP contribution in [0, 0.1) is 5.92 Å². The molecule has 4 N–H and O–H groups in total.